The minimum atomic E-state index is -0.233. The van der Waals surface area contributed by atoms with Crippen LogP contribution in [-0.2, 0) is 4.79 Å². The van der Waals surface area contributed by atoms with E-state index in [1.807, 2.05) is 13.8 Å². The number of carbonyl (C=O) groups excluding carboxylic acids is 1. The maximum atomic E-state index is 11.3. The van der Waals surface area contributed by atoms with Gasteiger partial charge in [0.1, 0.15) is 0 Å². The Morgan fingerprint density at radius 2 is 2.24 bits per heavy atom. The van der Waals surface area contributed by atoms with Gasteiger partial charge in [-0.2, -0.15) is 0 Å². The lowest BCUT2D eigenvalue weighted by molar-refractivity contribution is -0.120. The lowest BCUT2D eigenvalue weighted by Crippen LogP contribution is -2.47. The van der Waals surface area contributed by atoms with Gasteiger partial charge < -0.3 is 16.0 Å². The van der Waals surface area contributed by atoms with Crippen molar-refractivity contribution in [1.82, 2.24) is 10.2 Å². The smallest absolute Gasteiger partial charge is 0.234 e. The zero-order valence-electron chi connectivity index (χ0n) is 11.4. The summed E-state index contributed by atoms with van der Waals surface area (Å²) in [4.78, 5) is 13.8. The summed E-state index contributed by atoms with van der Waals surface area (Å²) in [5.41, 5.74) is 5.41. The zero-order chi connectivity index (χ0) is 12.8. The predicted octanol–water partition coefficient (Wildman–Crippen LogP) is 0.960. The molecule has 0 aromatic rings. The first-order valence-corrected chi connectivity index (χ1v) is 6.76. The summed E-state index contributed by atoms with van der Waals surface area (Å²) < 4.78 is 0. The Bertz CT molecular complexity index is 243. The molecule has 1 amide bonds. The summed E-state index contributed by atoms with van der Waals surface area (Å²) in [6, 6.07) is 0.111. The molecule has 1 aliphatic rings. The normalized spacial score (nSPS) is 23.9. The van der Waals surface area contributed by atoms with Crippen molar-refractivity contribution in [1.29, 1.82) is 0 Å². The first-order valence-electron chi connectivity index (χ1n) is 6.76. The molecule has 1 rings (SSSR count). The first-order chi connectivity index (χ1) is 7.99. The van der Waals surface area contributed by atoms with Crippen LogP contribution >= 0.6 is 0 Å². The number of nitrogens with one attached hydrogen (secondary N) is 1. The highest BCUT2D eigenvalue weighted by atomic mass is 16.1. The summed E-state index contributed by atoms with van der Waals surface area (Å²) in [5, 5.41) is 3.23. The fourth-order valence-electron chi connectivity index (χ4n) is 2.51. The van der Waals surface area contributed by atoms with Crippen molar-refractivity contribution in [3.63, 3.8) is 0 Å². The summed E-state index contributed by atoms with van der Waals surface area (Å²) in [6.45, 7) is 9.67. The van der Waals surface area contributed by atoms with E-state index in [2.05, 4.69) is 17.1 Å². The summed E-state index contributed by atoms with van der Waals surface area (Å²) >= 11 is 0. The molecule has 1 heterocycles. The lowest BCUT2D eigenvalue weighted by Gasteiger charge is -2.31. The maximum absolute atomic E-state index is 11.3. The maximum Gasteiger partial charge on any atom is 0.234 e. The molecule has 0 aromatic heterocycles. The predicted molar refractivity (Wildman–Crippen MR) is 70.7 cm³/mol. The van der Waals surface area contributed by atoms with Crippen molar-refractivity contribution in [3.8, 4) is 0 Å². The molecular weight excluding hydrogens is 214 g/mol. The van der Waals surface area contributed by atoms with Crippen LogP contribution in [0.4, 0.5) is 0 Å². The van der Waals surface area contributed by atoms with E-state index in [4.69, 9.17) is 5.73 Å². The number of hydrogen-bond acceptors (Lipinski definition) is 3. The second-order valence-electron chi connectivity index (χ2n) is 5.61. The van der Waals surface area contributed by atoms with Crippen molar-refractivity contribution < 1.29 is 4.79 Å². The molecule has 0 radical (unpaired) electrons. The van der Waals surface area contributed by atoms with Crippen LogP contribution in [0.15, 0.2) is 0 Å². The van der Waals surface area contributed by atoms with E-state index in [0.29, 0.717) is 6.04 Å². The van der Waals surface area contributed by atoms with Gasteiger partial charge in [-0.15, -0.1) is 0 Å². The van der Waals surface area contributed by atoms with Gasteiger partial charge in [0, 0.05) is 19.1 Å². The topological polar surface area (TPSA) is 58.4 Å². The van der Waals surface area contributed by atoms with Crippen LogP contribution in [0.3, 0.4) is 0 Å². The minimum Gasteiger partial charge on any atom is -0.368 e. The fourth-order valence-corrected chi connectivity index (χ4v) is 2.51. The van der Waals surface area contributed by atoms with E-state index in [-0.39, 0.29) is 11.9 Å². The molecule has 2 atom stereocenters. The molecule has 0 spiro atoms. The number of likely N-dealkylation sites (tertiary alicyclic amines) is 1. The Labute approximate surface area is 105 Å². The number of amides is 1. The Hall–Kier alpha value is -0.610. The molecule has 1 saturated heterocycles. The third-order valence-electron chi connectivity index (χ3n) is 3.35. The number of primary amides is 1. The first kappa shape index (κ1) is 14.5. The van der Waals surface area contributed by atoms with E-state index < -0.39 is 0 Å². The Morgan fingerprint density at radius 1 is 1.53 bits per heavy atom. The van der Waals surface area contributed by atoms with Gasteiger partial charge in [-0.25, -0.2) is 0 Å². The molecule has 0 aromatic carbocycles. The van der Waals surface area contributed by atoms with E-state index in [9.17, 15) is 4.79 Å². The molecule has 1 aliphatic heterocycles. The van der Waals surface area contributed by atoms with E-state index in [0.717, 1.165) is 32.0 Å². The highest BCUT2D eigenvalue weighted by Gasteiger charge is 2.20. The van der Waals surface area contributed by atoms with Crippen molar-refractivity contribution in [2.45, 2.75) is 52.1 Å². The molecule has 3 N–H and O–H groups in total. The molecule has 0 saturated carbocycles. The quantitative estimate of drug-likeness (QED) is 0.728. The van der Waals surface area contributed by atoms with E-state index in [1.54, 1.807) is 0 Å². The molecular formula is C13H27N3O. The third kappa shape index (κ3) is 5.50. The largest absolute Gasteiger partial charge is 0.368 e. The number of carbonyl (C=O) groups is 1. The van der Waals surface area contributed by atoms with Gasteiger partial charge in [0.2, 0.25) is 5.91 Å². The highest BCUT2D eigenvalue weighted by molar-refractivity contribution is 5.79. The Morgan fingerprint density at radius 3 is 2.76 bits per heavy atom. The monoisotopic (exact) mass is 241 g/mol. The molecule has 0 aliphatic carbocycles. The van der Waals surface area contributed by atoms with Crippen molar-refractivity contribution in [3.05, 3.63) is 0 Å². The SMILES string of the molecule is CC1CCCN(CCC(NC(C)C)C(N)=O)C1. The van der Waals surface area contributed by atoms with E-state index in [1.165, 1.54) is 12.8 Å². The molecule has 4 nitrogen and oxygen atoms in total. The number of nitrogens with two attached hydrogens (primary N) is 1. The van der Waals surface area contributed by atoms with E-state index >= 15 is 0 Å². The van der Waals surface area contributed by atoms with Crippen LogP contribution in [0.1, 0.15) is 40.0 Å². The van der Waals surface area contributed by atoms with Crippen molar-refractivity contribution in [2.24, 2.45) is 11.7 Å². The van der Waals surface area contributed by atoms with Gasteiger partial charge in [-0.3, -0.25) is 4.79 Å². The second-order valence-corrected chi connectivity index (χ2v) is 5.61. The Balaban J connectivity index is 2.32. The summed E-state index contributed by atoms with van der Waals surface area (Å²) in [7, 11) is 0. The third-order valence-corrected chi connectivity index (χ3v) is 3.35. The minimum absolute atomic E-state index is 0.188. The summed E-state index contributed by atoms with van der Waals surface area (Å²) in [6.07, 6.45) is 3.43. The van der Waals surface area contributed by atoms with Crippen LogP contribution in [-0.4, -0.2) is 42.5 Å². The van der Waals surface area contributed by atoms with Gasteiger partial charge in [-0.05, 0) is 31.7 Å². The molecule has 2 unspecified atom stereocenters. The number of hydrogen-bond donors (Lipinski definition) is 2. The van der Waals surface area contributed by atoms with Gasteiger partial charge >= 0.3 is 0 Å². The van der Waals surface area contributed by atoms with Crippen LogP contribution < -0.4 is 11.1 Å². The van der Waals surface area contributed by atoms with Gasteiger partial charge in [0.15, 0.2) is 0 Å². The molecule has 17 heavy (non-hydrogen) atoms. The van der Waals surface area contributed by atoms with Gasteiger partial charge in [0.25, 0.3) is 0 Å². The second kappa shape index (κ2) is 6.97. The van der Waals surface area contributed by atoms with Crippen LogP contribution in [0.25, 0.3) is 0 Å². The van der Waals surface area contributed by atoms with Crippen molar-refractivity contribution >= 4 is 5.91 Å². The standard InChI is InChI=1S/C13H27N3O/c1-10(2)15-12(13(14)17)6-8-16-7-4-5-11(3)9-16/h10-12,15H,4-9H2,1-3H3,(H2,14,17). The van der Waals surface area contributed by atoms with Crippen LogP contribution in [0.2, 0.25) is 0 Å². The molecule has 4 heteroatoms. The highest BCUT2D eigenvalue weighted by Crippen LogP contribution is 2.15. The van der Waals surface area contributed by atoms with Gasteiger partial charge in [-0.1, -0.05) is 20.8 Å². The van der Waals surface area contributed by atoms with Crippen LogP contribution in [0.5, 0.6) is 0 Å². The molecule has 100 valence electrons. The van der Waals surface area contributed by atoms with Gasteiger partial charge in [0.05, 0.1) is 6.04 Å². The number of rotatable bonds is 6. The van der Waals surface area contributed by atoms with Crippen molar-refractivity contribution in [2.75, 3.05) is 19.6 Å². The number of nitrogens with zero attached hydrogens (tertiary/aromatic N) is 1. The molecule has 1 fully saturated rings. The van der Waals surface area contributed by atoms with Crippen LogP contribution in [0, 0.1) is 5.92 Å². The Kier molecular flexibility index (Phi) is 5.92. The number of piperidine rings is 1. The fraction of sp³-hybridized carbons (Fsp3) is 0.923. The zero-order valence-corrected chi connectivity index (χ0v) is 11.4. The average molecular weight is 241 g/mol. The average Bonchev–Trinajstić information content (AvgIpc) is 2.23. The lowest BCUT2D eigenvalue weighted by atomic mass is 10.00. The summed E-state index contributed by atoms with van der Waals surface area (Å²) in [5.74, 6) is 0.553. The molecule has 0 bridgehead atoms.